The number of likely N-dealkylation sites (N-methyl/N-ethyl adjacent to an activating group) is 1. The Morgan fingerprint density at radius 1 is 1.29 bits per heavy atom. The monoisotopic (exact) mass is 332 g/mol. The second-order valence-electron chi connectivity index (χ2n) is 5.56. The minimum Gasteiger partial charge on any atom is -0.329 e. The van der Waals surface area contributed by atoms with Gasteiger partial charge in [0.1, 0.15) is 0 Å². The molecule has 0 bridgehead atoms. The molecule has 4 nitrogen and oxygen atoms in total. The van der Waals surface area contributed by atoms with Crippen molar-refractivity contribution in [3.63, 3.8) is 0 Å². The van der Waals surface area contributed by atoms with Gasteiger partial charge in [-0.1, -0.05) is 25.5 Å². The fraction of sp³-hybridized carbons (Fsp3) is 0.600. The number of rotatable bonds is 7. The van der Waals surface area contributed by atoms with Crippen molar-refractivity contribution in [1.82, 2.24) is 4.31 Å². The van der Waals surface area contributed by atoms with Crippen LogP contribution in [-0.4, -0.2) is 32.4 Å². The maximum absolute atomic E-state index is 12.6. The highest BCUT2D eigenvalue weighted by Crippen LogP contribution is 2.36. The van der Waals surface area contributed by atoms with Crippen LogP contribution in [0.2, 0.25) is 0 Å². The van der Waals surface area contributed by atoms with E-state index in [2.05, 4.69) is 6.92 Å². The SMILES string of the molecule is CCCc1ccc(S(=O)(=O)N(C)C(CN)C2CC2)cc1.Cl. The van der Waals surface area contributed by atoms with Crippen LogP contribution in [0, 0.1) is 5.92 Å². The number of sulfonamides is 1. The maximum Gasteiger partial charge on any atom is 0.243 e. The molecule has 1 aromatic carbocycles. The molecule has 1 fully saturated rings. The van der Waals surface area contributed by atoms with Gasteiger partial charge in [0.25, 0.3) is 0 Å². The predicted octanol–water partition coefficient (Wildman–Crippen LogP) is 2.42. The van der Waals surface area contributed by atoms with E-state index in [-0.39, 0.29) is 18.4 Å². The van der Waals surface area contributed by atoms with Gasteiger partial charge in [-0.2, -0.15) is 4.31 Å². The number of aryl methyl sites for hydroxylation is 1. The predicted molar refractivity (Wildman–Crippen MR) is 88.2 cm³/mol. The molecular weight excluding hydrogens is 308 g/mol. The van der Waals surface area contributed by atoms with E-state index in [1.165, 1.54) is 9.87 Å². The number of hydrogen-bond acceptors (Lipinski definition) is 3. The third-order valence-electron chi connectivity index (χ3n) is 4.01. The van der Waals surface area contributed by atoms with E-state index in [0.717, 1.165) is 25.7 Å². The summed E-state index contributed by atoms with van der Waals surface area (Å²) in [7, 11) is -1.79. The van der Waals surface area contributed by atoms with Crippen molar-refractivity contribution in [2.24, 2.45) is 11.7 Å². The molecule has 0 amide bonds. The summed E-state index contributed by atoms with van der Waals surface area (Å²) >= 11 is 0. The third kappa shape index (κ3) is 4.19. The number of halogens is 1. The second kappa shape index (κ2) is 7.58. The van der Waals surface area contributed by atoms with Crippen molar-refractivity contribution >= 4 is 22.4 Å². The van der Waals surface area contributed by atoms with Crippen LogP contribution < -0.4 is 5.73 Å². The quantitative estimate of drug-likeness (QED) is 0.834. The van der Waals surface area contributed by atoms with E-state index < -0.39 is 10.0 Å². The van der Waals surface area contributed by atoms with Gasteiger partial charge in [0.05, 0.1) is 4.90 Å². The smallest absolute Gasteiger partial charge is 0.243 e. The van der Waals surface area contributed by atoms with Gasteiger partial charge >= 0.3 is 0 Å². The molecule has 0 radical (unpaired) electrons. The summed E-state index contributed by atoms with van der Waals surface area (Å²) in [5.74, 6) is 0.430. The molecule has 0 saturated heterocycles. The number of benzene rings is 1. The zero-order chi connectivity index (χ0) is 14.8. The summed E-state index contributed by atoms with van der Waals surface area (Å²) in [4.78, 5) is 0.360. The molecule has 0 spiro atoms. The molecular formula is C15H25ClN2O2S. The highest BCUT2D eigenvalue weighted by Gasteiger charge is 2.38. The highest BCUT2D eigenvalue weighted by molar-refractivity contribution is 7.89. The van der Waals surface area contributed by atoms with Gasteiger partial charge in [-0.25, -0.2) is 8.42 Å². The molecule has 0 aliphatic heterocycles. The van der Waals surface area contributed by atoms with Gasteiger partial charge in [0.15, 0.2) is 0 Å². The summed E-state index contributed by atoms with van der Waals surface area (Å²) < 4.78 is 26.7. The first-order valence-corrected chi connectivity index (χ1v) is 8.71. The Bertz CT molecular complexity index is 541. The Hall–Kier alpha value is -0.620. The van der Waals surface area contributed by atoms with Crippen molar-refractivity contribution in [3.05, 3.63) is 29.8 Å². The molecule has 1 atom stereocenters. The minimum absolute atomic E-state index is 0. The van der Waals surface area contributed by atoms with Gasteiger partial charge in [-0.3, -0.25) is 0 Å². The van der Waals surface area contributed by atoms with Crippen molar-refractivity contribution in [3.8, 4) is 0 Å². The van der Waals surface area contributed by atoms with Crippen LogP contribution in [0.3, 0.4) is 0 Å². The molecule has 1 saturated carbocycles. The van der Waals surface area contributed by atoms with Crippen LogP contribution in [-0.2, 0) is 16.4 Å². The molecule has 1 aliphatic rings. The Balaban J connectivity index is 0.00000220. The minimum atomic E-state index is -3.43. The van der Waals surface area contributed by atoms with Crippen LogP contribution in [0.25, 0.3) is 0 Å². The normalized spacial score (nSPS) is 16.6. The molecule has 21 heavy (non-hydrogen) atoms. The molecule has 2 rings (SSSR count). The van der Waals surface area contributed by atoms with Gasteiger partial charge in [-0.05, 0) is 42.9 Å². The van der Waals surface area contributed by atoms with Crippen molar-refractivity contribution in [2.45, 2.75) is 43.5 Å². The van der Waals surface area contributed by atoms with E-state index in [1.54, 1.807) is 19.2 Å². The average molecular weight is 333 g/mol. The first-order valence-electron chi connectivity index (χ1n) is 7.27. The highest BCUT2D eigenvalue weighted by atomic mass is 35.5. The van der Waals surface area contributed by atoms with Crippen molar-refractivity contribution < 1.29 is 8.42 Å². The van der Waals surface area contributed by atoms with E-state index in [9.17, 15) is 8.42 Å². The summed E-state index contributed by atoms with van der Waals surface area (Å²) in [6.07, 6.45) is 4.20. The van der Waals surface area contributed by atoms with Crippen LogP contribution in [0.15, 0.2) is 29.2 Å². The maximum atomic E-state index is 12.6. The Morgan fingerprint density at radius 2 is 1.86 bits per heavy atom. The first-order chi connectivity index (χ1) is 9.50. The lowest BCUT2D eigenvalue weighted by Gasteiger charge is -2.26. The van der Waals surface area contributed by atoms with E-state index in [4.69, 9.17) is 5.73 Å². The molecule has 1 unspecified atom stereocenters. The van der Waals surface area contributed by atoms with E-state index in [0.29, 0.717) is 17.4 Å². The van der Waals surface area contributed by atoms with E-state index in [1.807, 2.05) is 12.1 Å². The van der Waals surface area contributed by atoms with Crippen LogP contribution in [0.1, 0.15) is 31.7 Å². The Kier molecular flexibility index (Phi) is 6.66. The number of hydrogen-bond donors (Lipinski definition) is 1. The molecule has 0 heterocycles. The largest absolute Gasteiger partial charge is 0.329 e. The standard InChI is InChI=1S/C15H24N2O2S.ClH/c1-3-4-12-5-9-14(10-6-12)20(18,19)17(2)15(11-16)13-7-8-13;/h5-6,9-10,13,15H,3-4,7-8,11,16H2,1-2H3;1H. The van der Waals surface area contributed by atoms with Crippen molar-refractivity contribution in [1.29, 1.82) is 0 Å². The van der Waals surface area contributed by atoms with Crippen LogP contribution >= 0.6 is 12.4 Å². The molecule has 1 aromatic rings. The molecule has 1 aliphatic carbocycles. The fourth-order valence-electron chi connectivity index (χ4n) is 2.58. The molecule has 2 N–H and O–H groups in total. The summed E-state index contributed by atoms with van der Waals surface area (Å²) in [6.45, 7) is 2.49. The van der Waals surface area contributed by atoms with E-state index >= 15 is 0 Å². The number of nitrogens with zero attached hydrogens (tertiary/aromatic N) is 1. The van der Waals surface area contributed by atoms with Gasteiger partial charge in [0, 0.05) is 19.6 Å². The summed E-state index contributed by atoms with van der Waals surface area (Å²) in [5.41, 5.74) is 6.92. The number of nitrogens with two attached hydrogens (primary N) is 1. The van der Waals surface area contributed by atoms with Gasteiger partial charge < -0.3 is 5.73 Å². The lowest BCUT2D eigenvalue weighted by molar-refractivity contribution is 0.340. The van der Waals surface area contributed by atoms with Gasteiger partial charge in [-0.15, -0.1) is 12.4 Å². The molecule has 6 heteroatoms. The zero-order valence-corrected chi connectivity index (χ0v) is 14.3. The van der Waals surface area contributed by atoms with Crippen LogP contribution in [0.5, 0.6) is 0 Å². The fourth-order valence-corrected chi connectivity index (χ4v) is 4.01. The third-order valence-corrected chi connectivity index (χ3v) is 5.91. The summed E-state index contributed by atoms with van der Waals surface area (Å²) in [6, 6.07) is 7.14. The van der Waals surface area contributed by atoms with Gasteiger partial charge in [0.2, 0.25) is 10.0 Å². The Morgan fingerprint density at radius 3 is 2.29 bits per heavy atom. The average Bonchev–Trinajstić information content (AvgIpc) is 3.25. The zero-order valence-electron chi connectivity index (χ0n) is 12.7. The lowest BCUT2D eigenvalue weighted by atomic mass is 10.1. The topological polar surface area (TPSA) is 63.4 Å². The molecule has 120 valence electrons. The van der Waals surface area contributed by atoms with Crippen LogP contribution in [0.4, 0.5) is 0 Å². The Labute approximate surface area is 134 Å². The summed E-state index contributed by atoms with van der Waals surface area (Å²) in [5, 5.41) is 0. The lowest BCUT2D eigenvalue weighted by Crippen LogP contribution is -2.43. The second-order valence-corrected chi connectivity index (χ2v) is 7.55. The van der Waals surface area contributed by atoms with Crippen molar-refractivity contribution in [2.75, 3.05) is 13.6 Å². The first kappa shape index (κ1) is 18.4. The molecule has 0 aromatic heterocycles.